The summed E-state index contributed by atoms with van der Waals surface area (Å²) in [6.07, 6.45) is 2.35. The Hall–Kier alpha value is -0.860. The summed E-state index contributed by atoms with van der Waals surface area (Å²) in [5.74, 6) is 0.619. The van der Waals surface area contributed by atoms with E-state index in [-0.39, 0.29) is 17.8 Å². The number of carbonyl (C=O) groups is 1. The highest BCUT2D eigenvalue weighted by molar-refractivity contribution is 6.30. The molecule has 17 heavy (non-hydrogen) atoms. The van der Waals surface area contributed by atoms with Gasteiger partial charge >= 0.3 is 0 Å². The number of hydrogen-bond acceptors (Lipinski definition) is 2. The van der Waals surface area contributed by atoms with Gasteiger partial charge in [-0.25, -0.2) is 0 Å². The molecule has 92 valence electrons. The summed E-state index contributed by atoms with van der Waals surface area (Å²) in [4.78, 5) is 11.7. The second kappa shape index (κ2) is 5.19. The Kier molecular flexibility index (Phi) is 3.85. The van der Waals surface area contributed by atoms with Crippen LogP contribution in [-0.2, 0) is 4.79 Å². The van der Waals surface area contributed by atoms with E-state index in [1.54, 1.807) is 6.92 Å². The smallest absolute Gasteiger partial charge is 0.137 e. The average Bonchev–Trinajstić information content (AvgIpc) is 2.24. The van der Waals surface area contributed by atoms with Crippen molar-refractivity contribution in [1.29, 1.82) is 0 Å². The van der Waals surface area contributed by atoms with E-state index in [9.17, 15) is 9.90 Å². The number of ketones is 1. The number of carbonyl (C=O) groups excluding carboxylic acids is 1. The van der Waals surface area contributed by atoms with Crippen LogP contribution in [0.3, 0.4) is 0 Å². The summed E-state index contributed by atoms with van der Waals surface area (Å²) in [6.45, 7) is 1.63. The van der Waals surface area contributed by atoms with Gasteiger partial charge in [-0.2, -0.15) is 0 Å². The van der Waals surface area contributed by atoms with E-state index in [1.165, 1.54) is 0 Å². The van der Waals surface area contributed by atoms with Gasteiger partial charge in [0.1, 0.15) is 5.78 Å². The van der Waals surface area contributed by atoms with Gasteiger partial charge in [-0.15, -0.1) is 0 Å². The van der Waals surface area contributed by atoms with E-state index in [0.29, 0.717) is 10.9 Å². The van der Waals surface area contributed by atoms with Crippen molar-refractivity contribution in [3.8, 4) is 0 Å². The second-order valence-corrected chi connectivity index (χ2v) is 5.38. The van der Waals surface area contributed by atoms with Gasteiger partial charge in [0.15, 0.2) is 0 Å². The summed E-state index contributed by atoms with van der Waals surface area (Å²) in [7, 11) is 0. The summed E-state index contributed by atoms with van der Waals surface area (Å²) < 4.78 is 0. The molecule has 2 rings (SSSR count). The summed E-state index contributed by atoms with van der Waals surface area (Å²) in [5.41, 5.74) is 1.03. The lowest BCUT2D eigenvalue weighted by molar-refractivity contribution is -0.119. The highest BCUT2D eigenvalue weighted by atomic mass is 35.5. The van der Waals surface area contributed by atoms with Gasteiger partial charge in [0.25, 0.3) is 0 Å². The van der Waals surface area contributed by atoms with Crippen molar-refractivity contribution in [3.63, 3.8) is 0 Å². The Labute approximate surface area is 107 Å². The topological polar surface area (TPSA) is 37.3 Å². The molecule has 2 nitrogen and oxygen atoms in total. The molecule has 1 fully saturated rings. The standard InChI is InChI=1S/C14H17ClO2/c1-9(16)14(8-10-6-13(17)7-10)11-2-4-12(15)5-3-11/h2-5,10,13-14,17H,6-8H2,1H3. The molecule has 1 aliphatic rings. The first-order valence-corrected chi connectivity index (χ1v) is 6.38. The van der Waals surface area contributed by atoms with Crippen LogP contribution in [0.25, 0.3) is 0 Å². The molecule has 1 N–H and O–H groups in total. The van der Waals surface area contributed by atoms with Gasteiger partial charge in [0.2, 0.25) is 0 Å². The summed E-state index contributed by atoms with van der Waals surface area (Å²) in [5, 5.41) is 9.96. The van der Waals surface area contributed by atoms with E-state index in [2.05, 4.69) is 0 Å². The highest BCUT2D eigenvalue weighted by Crippen LogP contribution is 2.36. The molecule has 0 saturated heterocycles. The van der Waals surface area contributed by atoms with Gasteiger partial charge in [0.05, 0.1) is 6.10 Å². The molecular weight excluding hydrogens is 236 g/mol. The van der Waals surface area contributed by atoms with E-state index in [0.717, 1.165) is 24.8 Å². The van der Waals surface area contributed by atoms with Crippen LogP contribution in [0.2, 0.25) is 5.02 Å². The van der Waals surface area contributed by atoms with Crippen LogP contribution >= 0.6 is 11.6 Å². The van der Waals surface area contributed by atoms with Gasteiger partial charge in [-0.05, 0) is 49.8 Å². The molecule has 0 heterocycles. The lowest BCUT2D eigenvalue weighted by Gasteiger charge is -2.33. The Morgan fingerprint density at radius 2 is 2.00 bits per heavy atom. The lowest BCUT2D eigenvalue weighted by atomic mass is 9.74. The van der Waals surface area contributed by atoms with Crippen LogP contribution in [0.4, 0.5) is 0 Å². The van der Waals surface area contributed by atoms with Crippen molar-refractivity contribution >= 4 is 17.4 Å². The largest absolute Gasteiger partial charge is 0.393 e. The van der Waals surface area contributed by atoms with E-state index in [4.69, 9.17) is 11.6 Å². The monoisotopic (exact) mass is 252 g/mol. The minimum atomic E-state index is -0.155. The van der Waals surface area contributed by atoms with Crippen LogP contribution in [-0.4, -0.2) is 17.0 Å². The van der Waals surface area contributed by atoms with Crippen molar-refractivity contribution in [2.24, 2.45) is 5.92 Å². The van der Waals surface area contributed by atoms with E-state index < -0.39 is 0 Å². The molecule has 1 atom stereocenters. The molecule has 0 aliphatic heterocycles. The van der Waals surface area contributed by atoms with Crippen molar-refractivity contribution < 1.29 is 9.90 Å². The Bertz CT molecular complexity index is 393. The third-order valence-corrected chi connectivity index (χ3v) is 3.79. The number of benzene rings is 1. The molecule has 1 aliphatic carbocycles. The zero-order valence-electron chi connectivity index (χ0n) is 9.90. The summed E-state index contributed by atoms with van der Waals surface area (Å²) >= 11 is 5.84. The fraction of sp³-hybridized carbons (Fsp3) is 0.500. The van der Waals surface area contributed by atoms with Crippen LogP contribution in [0.1, 0.15) is 37.7 Å². The summed E-state index contributed by atoms with van der Waals surface area (Å²) in [6, 6.07) is 7.48. The van der Waals surface area contributed by atoms with E-state index in [1.807, 2.05) is 24.3 Å². The van der Waals surface area contributed by atoms with Crippen molar-refractivity contribution in [3.05, 3.63) is 34.9 Å². The number of Topliss-reactive ketones (excluding diaryl/α,β-unsaturated/α-hetero) is 1. The Morgan fingerprint density at radius 1 is 1.41 bits per heavy atom. The van der Waals surface area contributed by atoms with Crippen molar-refractivity contribution in [2.45, 2.75) is 38.2 Å². The Balaban J connectivity index is 2.06. The lowest BCUT2D eigenvalue weighted by Crippen LogP contribution is -2.30. The number of halogens is 1. The maximum absolute atomic E-state index is 11.7. The minimum Gasteiger partial charge on any atom is -0.393 e. The zero-order chi connectivity index (χ0) is 12.4. The van der Waals surface area contributed by atoms with Gasteiger partial charge < -0.3 is 5.11 Å². The second-order valence-electron chi connectivity index (χ2n) is 4.94. The fourth-order valence-corrected chi connectivity index (χ4v) is 2.58. The first kappa shape index (κ1) is 12.6. The predicted molar refractivity (Wildman–Crippen MR) is 68.2 cm³/mol. The Morgan fingerprint density at radius 3 is 2.47 bits per heavy atom. The average molecular weight is 253 g/mol. The molecule has 1 saturated carbocycles. The molecule has 0 spiro atoms. The van der Waals surface area contributed by atoms with Crippen LogP contribution in [0.5, 0.6) is 0 Å². The maximum Gasteiger partial charge on any atom is 0.137 e. The molecule has 0 bridgehead atoms. The number of rotatable bonds is 4. The third kappa shape index (κ3) is 3.08. The molecule has 0 amide bonds. The molecular formula is C14H17ClO2. The molecule has 1 aromatic rings. The van der Waals surface area contributed by atoms with Crippen molar-refractivity contribution in [2.75, 3.05) is 0 Å². The molecule has 1 aromatic carbocycles. The maximum atomic E-state index is 11.7. The number of aliphatic hydroxyl groups excluding tert-OH is 1. The van der Waals surface area contributed by atoms with E-state index >= 15 is 0 Å². The number of hydrogen-bond donors (Lipinski definition) is 1. The zero-order valence-corrected chi connectivity index (χ0v) is 10.7. The molecule has 0 aromatic heterocycles. The fourth-order valence-electron chi connectivity index (χ4n) is 2.46. The third-order valence-electron chi connectivity index (χ3n) is 3.54. The SMILES string of the molecule is CC(=O)C(CC1CC(O)C1)c1ccc(Cl)cc1. The van der Waals surface area contributed by atoms with Gasteiger partial charge in [-0.3, -0.25) is 4.79 Å². The quantitative estimate of drug-likeness (QED) is 0.894. The van der Waals surface area contributed by atoms with Crippen LogP contribution < -0.4 is 0 Å². The van der Waals surface area contributed by atoms with Crippen LogP contribution in [0, 0.1) is 5.92 Å². The minimum absolute atomic E-state index is 0.0511. The molecule has 1 unspecified atom stereocenters. The van der Waals surface area contributed by atoms with Crippen molar-refractivity contribution in [1.82, 2.24) is 0 Å². The molecule has 0 radical (unpaired) electrons. The first-order chi connectivity index (χ1) is 8.06. The molecule has 3 heteroatoms. The predicted octanol–water partition coefficient (Wildman–Crippen LogP) is 3.17. The van der Waals surface area contributed by atoms with Gasteiger partial charge in [-0.1, -0.05) is 23.7 Å². The normalized spacial score (nSPS) is 25.1. The van der Waals surface area contributed by atoms with Crippen LogP contribution in [0.15, 0.2) is 24.3 Å². The first-order valence-electron chi connectivity index (χ1n) is 6.00. The number of aliphatic hydroxyl groups is 1. The highest BCUT2D eigenvalue weighted by Gasteiger charge is 2.31. The van der Waals surface area contributed by atoms with Gasteiger partial charge in [0, 0.05) is 10.9 Å².